The van der Waals surface area contributed by atoms with Crippen molar-refractivity contribution in [3.63, 3.8) is 0 Å². The number of ether oxygens (including phenoxy) is 3. The molecular weight excluding hydrogens is 455 g/mol. The summed E-state index contributed by atoms with van der Waals surface area (Å²) in [6, 6.07) is 0. The molecule has 2 aromatic heterocycles. The topological polar surface area (TPSA) is 126 Å². The highest BCUT2D eigenvalue weighted by Gasteiger charge is 2.58. The number of hydrogen-bond donors (Lipinski definition) is 2. The van der Waals surface area contributed by atoms with Crippen molar-refractivity contribution in [1.82, 2.24) is 24.8 Å². The Balaban J connectivity index is 1.76. The lowest BCUT2D eigenvalue weighted by atomic mass is 10.1. The molecule has 26 heavy (non-hydrogen) atoms. The first kappa shape index (κ1) is 17.8. The second-order valence-corrected chi connectivity index (χ2v) is 7.57. The molecule has 4 rings (SSSR count). The van der Waals surface area contributed by atoms with Gasteiger partial charge in [-0.1, -0.05) is 0 Å². The van der Waals surface area contributed by atoms with Gasteiger partial charge in [0.05, 0.1) is 6.33 Å². The molecule has 2 aliphatic heterocycles. The third-order valence-corrected chi connectivity index (χ3v) is 4.82. The maximum atomic E-state index is 12.4. The van der Waals surface area contributed by atoms with Crippen LogP contribution in [0.1, 0.15) is 27.0 Å². The van der Waals surface area contributed by atoms with Gasteiger partial charge < -0.3 is 25.3 Å². The molecule has 0 aliphatic carbocycles. The minimum Gasteiger partial charge on any atom is -0.382 e. The molecule has 0 bridgehead atoms. The molecule has 10 nitrogen and oxygen atoms in total. The minimum atomic E-state index is -0.819. The lowest BCUT2D eigenvalue weighted by Gasteiger charge is -2.24. The maximum Gasteiger partial charge on any atom is 0.252 e. The number of hydrogen-bond acceptors (Lipinski definition) is 8. The number of nitrogen functional groups attached to an aromatic ring is 1. The van der Waals surface area contributed by atoms with Gasteiger partial charge in [0.15, 0.2) is 33.4 Å². The van der Waals surface area contributed by atoms with Crippen LogP contribution in [0.5, 0.6) is 0 Å². The van der Waals surface area contributed by atoms with Crippen molar-refractivity contribution in [3.05, 3.63) is 10.2 Å². The zero-order valence-electron chi connectivity index (χ0n) is 14.5. The number of rotatable bonds is 3. The Morgan fingerprint density at radius 3 is 2.85 bits per heavy atom. The zero-order valence-corrected chi connectivity index (χ0v) is 16.6. The first-order chi connectivity index (χ1) is 12.3. The second-order valence-electron chi connectivity index (χ2n) is 6.61. The predicted molar refractivity (Wildman–Crippen MR) is 98.9 cm³/mol. The standard InChI is InChI=1S/C15H19IN6O4/c1-4-18-12(23)8-7-9(26-15(2,3)25-7)13(24-8)22-5-19-6-10(17)20-14(16)21-11(6)22/h5,7-9,13H,4H2,1-3H3,(H,18,23)(H2,17,20,21)/t7-,8-,9+,13+/m0/s1. The fraction of sp³-hybridized carbons (Fsp3) is 0.600. The van der Waals surface area contributed by atoms with Crippen molar-refractivity contribution < 1.29 is 19.0 Å². The summed E-state index contributed by atoms with van der Waals surface area (Å²) in [4.78, 5) is 25.3. The van der Waals surface area contributed by atoms with Gasteiger partial charge in [0.2, 0.25) is 0 Å². The molecule has 2 saturated heterocycles. The molecule has 2 aromatic rings. The number of carbonyl (C=O) groups excluding carboxylic acids is 1. The number of aromatic nitrogens is 4. The Morgan fingerprint density at radius 1 is 1.38 bits per heavy atom. The van der Waals surface area contributed by atoms with Crippen molar-refractivity contribution in [3.8, 4) is 0 Å². The second kappa shape index (κ2) is 6.25. The molecule has 4 atom stereocenters. The fourth-order valence-electron chi connectivity index (χ4n) is 3.38. The van der Waals surface area contributed by atoms with Gasteiger partial charge in [0, 0.05) is 29.1 Å². The number of fused-ring (bicyclic) bond motifs is 2. The van der Waals surface area contributed by atoms with Crippen molar-refractivity contribution >= 4 is 45.5 Å². The Hall–Kier alpha value is -1.57. The van der Waals surface area contributed by atoms with E-state index in [0.717, 1.165) is 0 Å². The monoisotopic (exact) mass is 474 g/mol. The highest BCUT2D eigenvalue weighted by molar-refractivity contribution is 14.1. The summed E-state index contributed by atoms with van der Waals surface area (Å²) < 4.78 is 20.2. The van der Waals surface area contributed by atoms with E-state index in [0.29, 0.717) is 21.5 Å². The van der Waals surface area contributed by atoms with E-state index in [4.69, 9.17) is 19.9 Å². The highest BCUT2D eigenvalue weighted by Crippen LogP contribution is 2.43. The van der Waals surface area contributed by atoms with E-state index in [9.17, 15) is 4.79 Å². The number of nitrogens with one attached hydrogen (secondary N) is 1. The average Bonchev–Trinajstić information content (AvgIpc) is 3.18. The largest absolute Gasteiger partial charge is 0.382 e. The van der Waals surface area contributed by atoms with E-state index >= 15 is 0 Å². The van der Waals surface area contributed by atoms with Crippen LogP contribution in [-0.4, -0.2) is 56.1 Å². The van der Waals surface area contributed by atoms with Gasteiger partial charge in [-0.3, -0.25) is 9.36 Å². The first-order valence-corrected chi connectivity index (χ1v) is 9.33. The predicted octanol–water partition coefficient (Wildman–Crippen LogP) is 0.567. The smallest absolute Gasteiger partial charge is 0.252 e. The third-order valence-electron chi connectivity index (χ3n) is 4.33. The van der Waals surface area contributed by atoms with Crippen LogP contribution in [0.15, 0.2) is 6.33 Å². The molecule has 0 radical (unpaired) electrons. The molecule has 0 spiro atoms. The molecular formula is C15H19IN6O4. The number of carbonyl (C=O) groups is 1. The van der Waals surface area contributed by atoms with Gasteiger partial charge >= 0.3 is 0 Å². The van der Waals surface area contributed by atoms with Crippen LogP contribution in [0.2, 0.25) is 0 Å². The van der Waals surface area contributed by atoms with Gasteiger partial charge in [-0.15, -0.1) is 0 Å². The van der Waals surface area contributed by atoms with E-state index in [1.807, 2.05) is 43.4 Å². The number of halogens is 1. The Morgan fingerprint density at radius 2 is 2.12 bits per heavy atom. The molecule has 2 aliphatic rings. The van der Waals surface area contributed by atoms with E-state index in [1.54, 1.807) is 10.9 Å². The lowest BCUT2D eigenvalue weighted by molar-refractivity contribution is -0.197. The molecule has 1 amide bonds. The summed E-state index contributed by atoms with van der Waals surface area (Å²) in [6.07, 6.45) is -0.851. The first-order valence-electron chi connectivity index (χ1n) is 8.25. The number of anilines is 1. The molecule has 0 unspecified atom stereocenters. The molecule has 2 fully saturated rings. The van der Waals surface area contributed by atoms with Gasteiger partial charge in [-0.25, -0.2) is 15.0 Å². The van der Waals surface area contributed by atoms with Crippen LogP contribution >= 0.6 is 22.6 Å². The molecule has 3 N–H and O–H groups in total. The number of imidazole rings is 1. The normalized spacial score (nSPS) is 29.8. The van der Waals surface area contributed by atoms with Crippen LogP contribution in [0.4, 0.5) is 5.82 Å². The van der Waals surface area contributed by atoms with Gasteiger partial charge in [-0.2, -0.15) is 0 Å². The molecule has 11 heteroatoms. The Bertz CT molecular complexity index is 871. The summed E-state index contributed by atoms with van der Waals surface area (Å²) in [5.41, 5.74) is 6.94. The molecule has 0 saturated carbocycles. The van der Waals surface area contributed by atoms with Gasteiger partial charge in [-0.05, 0) is 20.8 Å². The summed E-state index contributed by atoms with van der Waals surface area (Å²) in [5, 5.41) is 2.78. The zero-order chi connectivity index (χ0) is 18.6. The van der Waals surface area contributed by atoms with Crippen molar-refractivity contribution in [2.45, 2.75) is 51.1 Å². The Labute approximate surface area is 162 Å². The summed E-state index contributed by atoms with van der Waals surface area (Å²) in [5.74, 6) is -0.766. The van der Waals surface area contributed by atoms with Gasteiger partial charge in [0.1, 0.15) is 17.7 Å². The summed E-state index contributed by atoms with van der Waals surface area (Å²) >= 11 is 1.99. The quantitative estimate of drug-likeness (QED) is 0.489. The van der Waals surface area contributed by atoms with Crippen LogP contribution in [0, 0.1) is 3.83 Å². The van der Waals surface area contributed by atoms with Crippen molar-refractivity contribution in [2.24, 2.45) is 0 Å². The number of nitrogens with zero attached hydrogens (tertiary/aromatic N) is 4. The molecule has 0 aromatic carbocycles. The fourth-order valence-corrected chi connectivity index (χ4v) is 3.87. The van der Waals surface area contributed by atoms with Crippen LogP contribution in [-0.2, 0) is 19.0 Å². The number of amides is 1. The minimum absolute atomic E-state index is 0.237. The Kier molecular flexibility index (Phi) is 4.28. The van der Waals surface area contributed by atoms with Crippen LogP contribution in [0.3, 0.4) is 0 Å². The van der Waals surface area contributed by atoms with E-state index in [1.165, 1.54) is 0 Å². The SMILES string of the molecule is CCNC(=O)[C@H]1O[C@@H](n2cnc3c(N)nc(I)nc32)[C@@H]2OC(C)(C)O[C@H]21. The summed E-state index contributed by atoms with van der Waals surface area (Å²) in [7, 11) is 0. The van der Waals surface area contributed by atoms with Crippen molar-refractivity contribution in [1.29, 1.82) is 0 Å². The average molecular weight is 474 g/mol. The van der Waals surface area contributed by atoms with E-state index in [2.05, 4.69) is 20.3 Å². The van der Waals surface area contributed by atoms with Crippen LogP contribution in [0.25, 0.3) is 11.2 Å². The van der Waals surface area contributed by atoms with Crippen molar-refractivity contribution in [2.75, 3.05) is 12.3 Å². The third kappa shape index (κ3) is 2.82. The lowest BCUT2D eigenvalue weighted by Crippen LogP contribution is -2.42. The van der Waals surface area contributed by atoms with Crippen LogP contribution < -0.4 is 11.1 Å². The molecule has 140 valence electrons. The highest BCUT2D eigenvalue weighted by atomic mass is 127. The molecule has 4 heterocycles. The van der Waals surface area contributed by atoms with Gasteiger partial charge in [0.25, 0.3) is 5.91 Å². The summed E-state index contributed by atoms with van der Waals surface area (Å²) in [6.45, 7) is 5.97. The maximum absolute atomic E-state index is 12.4. The number of likely N-dealkylation sites (N-methyl/N-ethyl adjacent to an activating group) is 1. The number of nitrogens with two attached hydrogens (primary N) is 1. The van der Waals surface area contributed by atoms with E-state index < -0.39 is 30.3 Å². The van der Waals surface area contributed by atoms with E-state index in [-0.39, 0.29) is 11.7 Å².